The molecule has 22 heavy (non-hydrogen) atoms. The smallest absolute Gasteiger partial charge is 0.363 e. The maximum absolute atomic E-state index is 11.9. The zero-order valence-corrected chi connectivity index (χ0v) is 12.8. The number of carbonyl (C=O) groups excluding carboxylic acids is 1. The molecule has 1 aliphatic rings. The number of thiophene rings is 1. The van der Waals surface area contributed by atoms with E-state index in [1.54, 1.807) is 38.5 Å². The molecule has 0 saturated carbocycles. The fourth-order valence-corrected chi connectivity index (χ4v) is 2.63. The van der Waals surface area contributed by atoms with Gasteiger partial charge in [-0.2, -0.15) is 0 Å². The summed E-state index contributed by atoms with van der Waals surface area (Å²) in [7, 11) is 3.14. The van der Waals surface area contributed by atoms with Gasteiger partial charge in [-0.05, 0) is 35.2 Å². The van der Waals surface area contributed by atoms with Crippen LogP contribution in [0.3, 0.4) is 0 Å². The maximum atomic E-state index is 11.9. The third-order valence-corrected chi connectivity index (χ3v) is 3.89. The Labute approximate surface area is 131 Å². The first-order valence-corrected chi connectivity index (χ1v) is 7.37. The summed E-state index contributed by atoms with van der Waals surface area (Å²) in [6, 6.07) is 9.08. The monoisotopic (exact) mass is 315 g/mol. The number of esters is 1. The second kappa shape index (κ2) is 6.03. The highest BCUT2D eigenvalue weighted by atomic mass is 32.1. The molecule has 112 valence electrons. The lowest BCUT2D eigenvalue weighted by molar-refractivity contribution is -0.129. The number of aliphatic imine (C=N–C) groups is 1. The van der Waals surface area contributed by atoms with Gasteiger partial charge in [-0.3, -0.25) is 0 Å². The van der Waals surface area contributed by atoms with Crippen molar-refractivity contribution in [1.29, 1.82) is 0 Å². The molecule has 3 rings (SSSR count). The number of cyclic esters (lactones) is 1. The largest absolute Gasteiger partial charge is 0.497 e. The predicted molar refractivity (Wildman–Crippen MR) is 84.5 cm³/mol. The fourth-order valence-electron chi connectivity index (χ4n) is 1.99. The van der Waals surface area contributed by atoms with E-state index in [-0.39, 0.29) is 5.70 Å². The minimum atomic E-state index is -0.467. The van der Waals surface area contributed by atoms with E-state index in [1.807, 2.05) is 17.5 Å². The molecule has 1 aromatic heterocycles. The van der Waals surface area contributed by atoms with Crippen LogP contribution in [0.15, 0.2) is 46.4 Å². The van der Waals surface area contributed by atoms with Crippen LogP contribution in [0.5, 0.6) is 11.5 Å². The van der Waals surface area contributed by atoms with E-state index in [0.29, 0.717) is 17.4 Å². The topological polar surface area (TPSA) is 57.1 Å². The van der Waals surface area contributed by atoms with Gasteiger partial charge in [-0.25, -0.2) is 9.79 Å². The Morgan fingerprint density at radius 2 is 1.91 bits per heavy atom. The molecule has 0 bridgehead atoms. The van der Waals surface area contributed by atoms with Gasteiger partial charge in [-0.1, -0.05) is 6.07 Å². The van der Waals surface area contributed by atoms with E-state index < -0.39 is 5.97 Å². The lowest BCUT2D eigenvalue weighted by Gasteiger charge is -2.05. The lowest BCUT2D eigenvalue weighted by atomic mass is 10.1. The lowest BCUT2D eigenvalue weighted by Crippen LogP contribution is -2.03. The number of carbonyl (C=O) groups is 1. The summed E-state index contributed by atoms with van der Waals surface area (Å²) >= 11 is 1.47. The summed E-state index contributed by atoms with van der Waals surface area (Å²) < 4.78 is 15.6. The van der Waals surface area contributed by atoms with Crippen molar-refractivity contribution in [2.75, 3.05) is 14.2 Å². The Bertz CT molecular complexity index is 740. The summed E-state index contributed by atoms with van der Waals surface area (Å²) in [4.78, 5) is 17.0. The summed E-state index contributed by atoms with van der Waals surface area (Å²) in [5, 5.41) is 1.90. The second-order valence-corrected chi connectivity index (χ2v) is 5.41. The summed E-state index contributed by atoms with van der Waals surface area (Å²) in [6.45, 7) is 0. The molecule has 5 nitrogen and oxygen atoms in total. The molecule has 0 aliphatic carbocycles. The number of ether oxygens (including phenoxy) is 3. The molecule has 0 atom stereocenters. The number of hydrogen-bond donors (Lipinski definition) is 0. The Kier molecular flexibility index (Phi) is 3.93. The van der Waals surface area contributed by atoms with Crippen LogP contribution >= 0.6 is 11.3 Å². The maximum Gasteiger partial charge on any atom is 0.363 e. The Balaban J connectivity index is 1.96. The predicted octanol–water partition coefficient (Wildman–Crippen LogP) is 3.11. The van der Waals surface area contributed by atoms with Crippen molar-refractivity contribution in [3.8, 4) is 11.5 Å². The third-order valence-electron chi connectivity index (χ3n) is 3.03. The van der Waals surface area contributed by atoms with Crippen molar-refractivity contribution in [2.45, 2.75) is 0 Å². The number of nitrogens with zero attached hydrogens (tertiary/aromatic N) is 1. The molecule has 6 heteroatoms. The van der Waals surface area contributed by atoms with Gasteiger partial charge in [0.2, 0.25) is 5.90 Å². The molecule has 1 aromatic carbocycles. The van der Waals surface area contributed by atoms with Crippen molar-refractivity contribution in [3.63, 3.8) is 0 Å². The highest BCUT2D eigenvalue weighted by molar-refractivity contribution is 7.12. The number of hydrogen-bond acceptors (Lipinski definition) is 6. The van der Waals surface area contributed by atoms with Gasteiger partial charge in [0.25, 0.3) is 0 Å². The van der Waals surface area contributed by atoms with Gasteiger partial charge >= 0.3 is 5.97 Å². The van der Waals surface area contributed by atoms with Crippen LogP contribution in [-0.2, 0) is 9.53 Å². The van der Waals surface area contributed by atoms with Gasteiger partial charge in [0.15, 0.2) is 5.70 Å². The summed E-state index contributed by atoms with van der Waals surface area (Å²) in [5.41, 5.74) is 0.998. The van der Waals surface area contributed by atoms with Gasteiger partial charge in [0, 0.05) is 6.07 Å². The van der Waals surface area contributed by atoms with Crippen molar-refractivity contribution < 1.29 is 19.0 Å². The molecular weight excluding hydrogens is 302 g/mol. The second-order valence-electron chi connectivity index (χ2n) is 4.46. The van der Waals surface area contributed by atoms with E-state index in [4.69, 9.17) is 14.2 Å². The molecule has 0 N–H and O–H groups in total. The first kappa shape index (κ1) is 14.3. The van der Waals surface area contributed by atoms with Crippen LogP contribution in [-0.4, -0.2) is 26.1 Å². The minimum absolute atomic E-state index is 0.249. The van der Waals surface area contributed by atoms with E-state index >= 15 is 0 Å². The van der Waals surface area contributed by atoms with Crippen LogP contribution in [0.2, 0.25) is 0 Å². The van der Waals surface area contributed by atoms with E-state index in [9.17, 15) is 4.79 Å². The highest BCUT2D eigenvalue weighted by Gasteiger charge is 2.24. The standard InChI is InChI=1S/C16H13NO4S/c1-19-11-6-10(7-12(9-11)20-2)8-13-16(18)21-15(17-13)14-4-3-5-22-14/h3-9H,1-2H3/b13-8+. The highest BCUT2D eigenvalue weighted by Crippen LogP contribution is 2.26. The van der Waals surface area contributed by atoms with E-state index in [0.717, 1.165) is 10.4 Å². The van der Waals surface area contributed by atoms with E-state index in [2.05, 4.69) is 4.99 Å². The average Bonchev–Trinajstić information content (AvgIpc) is 3.17. The minimum Gasteiger partial charge on any atom is -0.497 e. The van der Waals surface area contributed by atoms with Crippen molar-refractivity contribution in [1.82, 2.24) is 0 Å². The van der Waals surface area contributed by atoms with Gasteiger partial charge in [-0.15, -0.1) is 11.3 Å². The Morgan fingerprint density at radius 3 is 2.50 bits per heavy atom. The first-order valence-electron chi connectivity index (χ1n) is 6.49. The molecular formula is C16H13NO4S. The van der Waals surface area contributed by atoms with E-state index in [1.165, 1.54) is 11.3 Å². The van der Waals surface area contributed by atoms with Gasteiger partial charge < -0.3 is 14.2 Å². The summed E-state index contributed by atoms with van der Waals surface area (Å²) in [5.74, 6) is 1.14. The normalized spacial score (nSPS) is 15.6. The first-order chi connectivity index (χ1) is 10.7. The summed E-state index contributed by atoms with van der Waals surface area (Å²) in [6.07, 6.45) is 1.65. The number of benzene rings is 1. The fraction of sp³-hybridized carbons (Fsp3) is 0.125. The molecule has 0 saturated heterocycles. The number of methoxy groups -OCH3 is 2. The quantitative estimate of drug-likeness (QED) is 0.642. The van der Waals surface area contributed by atoms with Crippen molar-refractivity contribution in [3.05, 3.63) is 51.8 Å². The van der Waals surface area contributed by atoms with Gasteiger partial charge in [0.1, 0.15) is 11.5 Å². The van der Waals surface area contributed by atoms with Crippen molar-refractivity contribution in [2.24, 2.45) is 4.99 Å². The molecule has 0 unspecified atom stereocenters. The Hall–Kier alpha value is -2.60. The van der Waals surface area contributed by atoms with Crippen LogP contribution in [0.25, 0.3) is 6.08 Å². The number of rotatable bonds is 4. The molecule has 1 aliphatic heterocycles. The molecule has 2 heterocycles. The molecule has 0 spiro atoms. The van der Waals surface area contributed by atoms with Crippen LogP contribution < -0.4 is 9.47 Å². The molecule has 0 amide bonds. The molecule has 0 fully saturated rings. The SMILES string of the molecule is COc1cc(/C=C2/N=C(c3cccs3)OC2=O)cc(OC)c1. The third kappa shape index (κ3) is 2.87. The molecule has 2 aromatic rings. The van der Waals surface area contributed by atoms with Crippen molar-refractivity contribution >= 4 is 29.3 Å². The van der Waals surface area contributed by atoms with Crippen LogP contribution in [0, 0.1) is 0 Å². The molecule has 0 radical (unpaired) electrons. The zero-order chi connectivity index (χ0) is 15.5. The average molecular weight is 315 g/mol. The Morgan fingerprint density at radius 1 is 1.18 bits per heavy atom. The van der Waals surface area contributed by atoms with Gasteiger partial charge in [0.05, 0.1) is 19.1 Å². The van der Waals surface area contributed by atoms with Crippen LogP contribution in [0.1, 0.15) is 10.4 Å². The van der Waals surface area contributed by atoms with Crippen LogP contribution in [0.4, 0.5) is 0 Å². The zero-order valence-electron chi connectivity index (χ0n) is 12.0.